The molecule has 0 spiro atoms. The van der Waals surface area contributed by atoms with E-state index < -0.39 is 17.8 Å². The van der Waals surface area contributed by atoms with Crippen LogP contribution in [-0.2, 0) is 6.54 Å². The second-order valence-electron chi connectivity index (χ2n) is 3.27. The second-order valence-corrected chi connectivity index (χ2v) is 3.27. The maximum Gasteiger partial charge on any atom is 0.328 e. The highest BCUT2D eigenvalue weighted by Crippen LogP contribution is 2.12. The highest BCUT2D eigenvalue weighted by molar-refractivity contribution is 4.95. The van der Waals surface area contributed by atoms with Crippen molar-refractivity contribution >= 4 is 0 Å². The number of rotatable bonds is 3. The Hall–Kier alpha value is -2.25. The number of alkyl halides is 2. The number of aromatic nitrogens is 4. The van der Waals surface area contributed by atoms with Gasteiger partial charge in [-0.1, -0.05) is 0 Å². The van der Waals surface area contributed by atoms with Crippen LogP contribution in [0.3, 0.4) is 0 Å². The third-order valence-electron chi connectivity index (χ3n) is 2.17. The normalized spacial score (nSPS) is 11.0. The summed E-state index contributed by atoms with van der Waals surface area (Å²) in [5, 5.41) is 0. The molecule has 0 saturated heterocycles. The van der Waals surface area contributed by atoms with E-state index in [1.807, 2.05) is 4.98 Å². The molecule has 0 atom stereocenters. The molecule has 0 radical (unpaired) electrons. The predicted octanol–water partition coefficient (Wildman–Crippen LogP) is 0.176. The van der Waals surface area contributed by atoms with Crippen LogP contribution in [0.4, 0.5) is 8.78 Å². The maximum absolute atomic E-state index is 12.5. The lowest BCUT2D eigenvalue weighted by atomic mass is 10.5. The molecular formula is C9H8F2N4O2. The van der Waals surface area contributed by atoms with E-state index in [4.69, 9.17) is 0 Å². The second kappa shape index (κ2) is 4.32. The van der Waals surface area contributed by atoms with E-state index in [9.17, 15) is 18.4 Å². The topological polar surface area (TPSA) is 72.7 Å². The average molecular weight is 242 g/mol. The van der Waals surface area contributed by atoms with Gasteiger partial charge in [-0.05, 0) is 0 Å². The zero-order chi connectivity index (χ0) is 12.4. The first kappa shape index (κ1) is 11.2. The molecule has 6 nitrogen and oxygen atoms in total. The fourth-order valence-electron chi connectivity index (χ4n) is 1.37. The number of hydrogen-bond donors (Lipinski definition) is 1. The van der Waals surface area contributed by atoms with Crippen LogP contribution in [0.15, 0.2) is 34.2 Å². The standard InChI is InChI=1S/C9H8F2N4O2/c10-8(11)15-4-2-12-6(15)5-14-3-1-7(16)13-9(14)17/h1-4,8H,5H2,(H,13,16,17). The number of hydrogen-bond acceptors (Lipinski definition) is 3. The van der Waals surface area contributed by atoms with Crippen molar-refractivity contribution in [1.82, 2.24) is 19.1 Å². The van der Waals surface area contributed by atoms with Crippen molar-refractivity contribution in [2.75, 3.05) is 0 Å². The van der Waals surface area contributed by atoms with Crippen molar-refractivity contribution in [2.24, 2.45) is 0 Å². The number of imidazole rings is 1. The van der Waals surface area contributed by atoms with Gasteiger partial charge in [-0.3, -0.25) is 18.9 Å². The summed E-state index contributed by atoms with van der Waals surface area (Å²) in [6.07, 6.45) is 3.57. The molecule has 0 aliphatic rings. The van der Waals surface area contributed by atoms with E-state index in [0.29, 0.717) is 4.57 Å². The molecule has 8 heteroatoms. The Balaban J connectivity index is 2.35. The minimum Gasteiger partial charge on any atom is -0.293 e. The molecule has 0 bridgehead atoms. The molecule has 0 unspecified atom stereocenters. The summed E-state index contributed by atoms with van der Waals surface area (Å²) in [5.74, 6) is 0.0362. The molecule has 0 aliphatic carbocycles. The number of nitrogens with one attached hydrogen (secondary N) is 1. The zero-order valence-electron chi connectivity index (χ0n) is 8.51. The Morgan fingerprint density at radius 1 is 1.35 bits per heavy atom. The highest BCUT2D eigenvalue weighted by atomic mass is 19.3. The number of H-pyrrole nitrogens is 1. The molecule has 2 aromatic rings. The molecule has 2 aromatic heterocycles. The first-order valence-electron chi connectivity index (χ1n) is 4.67. The van der Waals surface area contributed by atoms with Crippen molar-refractivity contribution in [3.8, 4) is 0 Å². The maximum atomic E-state index is 12.5. The van der Waals surface area contributed by atoms with Crippen molar-refractivity contribution in [1.29, 1.82) is 0 Å². The number of nitrogens with zero attached hydrogens (tertiary/aromatic N) is 3. The van der Waals surface area contributed by atoms with E-state index in [2.05, 4.69) is 4.98 Å². The quantitative estimate of drug-likeness (QED) is 0.834. The summed E-state index contributed by atoms with van der Waals surface area (Å²) in [4.78, 5) is 27.9. The van der Waals surface area contributed by atoms with Crippen molar-refractivity contribution in [3.05, 3.63) is 51.3 Å². The molecule has 1 N–H and O–H groups in total. The van der Waals surface area contributed by atoms with Crippen LogP contribution in [0, 0.1) is 0 Å². The van der Waals surface area contributed by atoms with Gasteiger partial charge in [-0.2, -0.15) is 8.78 Å². The lowest BCUT2D eigenvalue weighted by Gasteiger charge is -2.07. The Bertz CT molecular complexity index is 628. The van der Waals surface area contributed by atoms with Gasteiger partial charge >= 0.3 is 12.2 Å². The van der Waals surface area contributed by atoms with Gasteiger partial charge in [-0.15, -0.1) is 0 Å². The van der Waals surface area contributed by atoms with Crippen molar-refractivity contribution in [3.63, 3.8) is 0 Å². The van der Waals surface area contributed by atoms with Gasteiger partial charge in [0.2, 0.25) is 0 Å². The third-order valence-corrected chi connectivity index (χ3v) is 2.17. The van der Waals surface area contributed by atoms with Crippen LogP contribution in [0.5, 0.6) is 0 Å². The van der Waals surface area contributed by atoms with Gasteiger partial charge in [0.15, 0.2) is 0 Å². The van der Waals surface area contributed by atoms with Crippen molar-refractivity contribution in [2.45, 2.75) is 13.1 Å². The Morgan fingerprint density at radius 3 is 2.76 bits per heavy atom. The molecule has 0 amide bonds. The molecule has 17 heavy (non-hydrogen) atoms. The molecule has 0 fully saturated rings. The van der Waals surface area contributed by atoms with Crippen molar-refractivity contribution < 1.29 is 8.78 Å². The Morgan fingerprint density at radius 2 is 2.12 bits per heavy atom. The minimum atomic E-state index is -2.72. The first-order chi connectivity index (χ1) is 8.08. The van der Waals surface area contributed by atoms with Crippen LogP contribution in [0.2, 0.25) is 0 Å². The summed E-state index contributed by atoms with van der Waals surface area (Å²) >= 11 is 0. The van der Waals surface area contributed by atoms with Gasteiger partial charge in [0, 0.05) is 24.7 Å². The highest BCUT2D eigenvalue weighted by Gasteiger charge is 2.11. The van der Waals surface area contributed by atoms with Crippen LogP contribution < -0.4 is 11.2 Å². The van der Waals surface area contributed by atoms with E-state index >= 15 is 0 Å². The van der Waals surface area contributed by atoms with Crippen LogP contribution in [-0.4, -0.2) is 19.1 Å². The molecule has 90 valence electrons. The van der Waals surface area contributed by atoms with Crippen LogP contribution >= 0.6 is 0 Å². The molecule has 0 aliphatic heterocycles. The Kier molecular flexibility index (Phi) is 2.86. The summed E-state index contributed by atoms with van der Waals surface area (Å²) in [5.41, 5.74) is -1.20. The van der Waals surface area contributed by atoms with E-state index in [-0.39, 0.29) is 12.4 Å². The fourth-order valence-corrected chi connectivity index (χ4v) is 1.37. The van der Waals surface area contributed by atoms with E-state index in [0.717, 1.165) is 16.8 Å². The van der Waals surface area contributed by atoms with Gasteiger partial charge < -0.3 is 0 Å². The molecule has 2 heterocycles. The van der Waals surface area contributed by atoms with E-state index in [1.54, 1.807) is 0 Å². The molecule has 0 saturated carbocycles. The molecule has 2 rings (SSSR count). The van der Waals surface area contributed by atoms with Crippen LogP contribution in [0.1, 0.15) is 12.4 Å². The largest absolute Gasteiger partial charge is 0.328 e. The SMILES string of the molecule is O=c1ccn(Cc2nccn2C(F)F)c(=O)[nH]1. The summed E-state index contributed by atoms with van der Waals surface area (Å²) in [7, 11) is 0. The lowest BCUT2D eigenvalue weighted by molar-refractivity contribution is 0.0666. The van der Waals surface area contributed by atoms with Gasteiger partial charge in [0.05, 0.1) is 6.54 Å². The molecule has 0 aromatic carbocycles. The summed E-state index contributed by atoms with van der Waals surface area (Å²) in [6.45, 7) is -2.85. The third kappa shape index (κ3) is 2.30. The zero-order valence-corrected chi connectivity index (χ0v) is 8.51. The summed E-state index contributed by atoms with van der Waals surface area (Å²) < 4.78 is 26.7. The molecular weight excluding hydrogens is 234 g/mol. The average Bonchev–Trinajstić information content (AvgIpc) is 2.70. The van der Waals surface area contributed by atoms with Gasteiger partial charge in [-0.25, -0.2) is 9.78 Å². The smallest absolute Gasteiger partial charge is 0.293 e. The summed E-state index contributed by atoms with van der Waals surface area (Å²) in [6, 6.07) is 1.14. The predicted molar refractivity (Wildman–Crippen MR) is 53.9 cm³/mol. The minimum absolute atomic E-state index is 0.0362. The lowest BCUT2D eigenvalue weighted by Crippen LogP contribution is -2.29. The van der Waals surface area contributed by atoms with E-state index in [1.165, 1.54) is 12.4 Å². The number of halogens is 2. The van der Waals surface area contributed by atoms with Crippen LogP contribution in [0.25, 0.3) is 0 Å². The van der Waals surface area contributed by atoms with Gasteiger partial charge in [0.1, 0.15) is 5.82 Å². The monoisotopic (exact) mass is 242 g/mol. The first-order valence-corrected chi connectivity index (χ1v) is 4.67. The van der Waals surface area contributed by atoms with Gasteiger partial charge in [0.25, 0.3) is 5.56 Å². The number of aromatic amines is 1. The Labute approximate surface area is 93.2 Å². The fraction of sp³-hybridized carbons (Fsp3) is 0.222.